The Balaban J connectivity index is 4.25. The van der Waals surface area contributed by atoms with Crippen LogP contribution < -0.4 is 0 Å². The van der Waals surface area contributed by atoms with Crippen LogP contribution in [-0.2, 0) is 10.8 Å². The van der Waals surface area contributed by atoms with Crippen molar-refractivity contribution in [1.29, 1.82) is 0 Å². The number of hydrogen-bond acceptors (Lipinski definition) is 1. The molecule has 0 fully saturated rings. The van der Waals surface area contributed by atoms with Crippen molar-refractivity contribution in [2.24, 2.45) is 0 Å². The first kappa shape index (κ1) is 20.3. The summed E-state index contributed by atoms with van der Waals surface area (Å²) in [5, 5.41) is 11.3. The highest BCUT2D eigenvalue weighted by molar-refractivity contribution is 5.82. The minimum Gasteiger partial charge on any atom is -0.507 e. The zero-order chi connectivity index (χ0) is 18.7. The van der Waals surface area contributed by atoms with E-state index in [4.69, 9.17) is 0 Å². The zero-order valence-corrected chi connectivity index (χ0v) is 16.9. The topological polar surface area (TPSA) is 20.2 Å². The Labute approximate surface area is 148 Å². The van der Waals surface area contributed by atoms with Crippen molar-refractivity contribution >= 4 is 18.2 Å². The molecule has 1 nitrogen and oxygen atoms in total. The van der Waals surface area contributed by atoms with Crippen molar-refractivity contribution in [3.63, 3.8) is 0 Å². The summed E-state index contributed by atoms with van der Waals surface area (Å²) in [6, 6.07) is 0. The molecule has 0 aliphatic carbocycles. The number of benzene rings is 1. The number of aromatic hydroxyl groups is 1. The summed E-state index contributed by atoms with van der Waals surface area (Å²) >= 11 is 0. The van der Waals surface area contributed by atoms with Crippen LogP contribution in [0.15, 0.2) is 18.2 Å². The molecule has 1 aromatic carbocycles. The standard InChI is InChI=1S/C23H34O/c1-10-13-16-17(14-11-2)19(22(4,5)6)21(24)20(23(7,8)9)18(16)15-12-3/h10-15,24H,1-9H3/b13-10-,14-11-,15-12-. The van der Waals surface area contributed by atoms with E-state index in [1.807, 2.05) is 32.9 Å². The number of phenols is 1. The van der Waals surface area contributed by atoms with Gasteiger partial charge in [-0.05, 0) is 48.3 Å². The van der Waals surface area contributed by atoms with Crippen LogP contribution in [0.3, 0.4) is 0 Å². The molecule has 0 saturated carbocycles. The van der Waals surface area contributed by atoms with Gasteiger partial charge < -0.3 is 5.11 Å². The van der Waals surface area contributed by atoms with Crippen molar-refractivity contribution in [1.82, 2.24) is 0 Å². The SMILES string of the molecule is C/C=C\c1c(/C=C\C)c(C(C)(C)C)c(O)c(C(C)(C)C)c1/C=C\C. The van der Waals surface area contributed by atoms with Crippen molar-refractivity contribution < 1.29 is 5.11 Å². The highest BCUT2D eigenvalue weighted by Crippen LogP contribution is 2.46. The van der Waals surface area contributed by atoms with Gasteiger partial charge in [-0.3, -0.25) is 0 Å². The summed E-state index contributed by atoms with van der Waals surface area (Å²) in [5.41, 5.74) is 5.15. The fourth-order valence-corrected chi connectivity index (χ4v) is 3.34. The third-order valence-electron chi connectivity index (χ3n) is 4.09. The van der Waals surface area contributed by atoms with Gasteiger partial charge in [0.05, 0.1) is 0 Å². The maximum atomic E-state index is 11.3. The maximum Gasteiger partial charge on any atom is 0.124 e. The Morgan fingerprint density at radius 1 is 0.583 bits per heavy atom. The molecule has 0 unspecified atom stereocenters. The second kappa shape index (κ2) is 7.42. The molecule has 1 N–H and O–H groups in total. The van der Waals surface area contributed by atoms with Crippen LogP contribution in [0, 0.1) is 0 Å². The number of allylic oxidation sites excluding steroid dienone is 3. The molecule has 0 heterocycles. The van der Waals surface area contributed by atoms with Gasteiger partial charge in [-0.2, -0.15) is 0 Å². The van der Waals surface area contributed by atoms with E-state index in [9.17, 15) is 5.11 Å². The molecule has 0 spiro atoms. The predicted octanol–water partition coefficient (Wildman–Crippen LogP) is 7.09. The molecule has 0 aliphatic heterocycles. The monoisotopic (exact) mass is 326 g/mol. The Bertz CT molecular complexity index is 620. The molecule has 0 aliphatic rings. The van der Waals surface area contributed by atoms with Gasteiger partial charge in [0, 0.05) is 11.1 Å². The molecule has 1 aromatic rings. The van der Waals surface area contributed by atoms with E-state index in [-0.39, 0.29) is 10.8 Å². The smallest absolute Gasteiger partial charge is 0.124 e. The first-order chi connectivity index (χ1) is 11.0. The highest BCUT2D eigenvalue weighted by Gasteiger charge is 2.31. The second-order valence-electron chi connectivity index (χ2n) is 8.34. The van der Waals surface area contributed by atoms with Gasteiger partial charge >= 0.3 is 0 Å². The molecule has 132 valence electrons. The van der Waals surface area contributed by atoms with Gasteiger partial charge in [-0.25, -0.2) is 0 Å². The van der Waals surface area contributed by atoms with Gasteiger partial charge in [-0.15, -0.1) is 0 Å². The second-order valence-corrected chi connectivity index (χ2v) is 8.34. The number of hydrogen-bond donors (Lipinski definition) is 1. The highest BCUT2D eigenvalue weighted by atomic mass is 16.3. The van der Waals surface area contributed by atoms with Crippen LogP contribution in [0.2, 0.25) is 0 Å². The van der Waals surface area contributed by atoms with Gasteiger partial charge in [-0.1, -0.05) is 78.0 Å². The molecule has 0 amide bonds. The molecule has 1 rings (SSSR count). The van der Waals surface area contributed by atoms with Crippen LogP contribution in [0.4, 0.5) is 0 Å². The van der Waals surface area contributed by atoms with E-state index < -0.39 is 0 Å². The zero-order valence-electron chi connectivity index (χ0n) is 16.9. The fourth-order valence-electron chi connectivity index (χ4n) is 3.34. The average Bonchev–Trinajstić information content (AvgIpc) is 2.40. The maximum absolute atomic E-state index is 11.3. The van der Waals surface area contributed by atoms with Crippen molar-refractivity contribution in [2.75, 3.05) is 0 Å². The first-order valence-electron chi connectivity index (χ1n) is 8.82. The molecule has 24 heavy (non-hydrogen) atoms. The molecule has 0 radical (unpaired) electrons. The van der Waals surface area contributed by atoms with Crippen molar-refractivity contribution in [2.45, 2.75) is 73.1 Å². The third-order valence-corrected chi connectivity index (χ3v) is 4.09. The minimum atomic E-state index is -0.149. The molecule has 1 heteroatoms. The fraction of sp³-hybridized carbons (Fsp3) is 0.478. The summed E-state index contributed by atoms with van der Waals surface area (Å²) < 4.78 is 0. The van der Waals surface area contributed by atoms with Gasteiger partial charge in [0.1, 0.15) is 5.75 Å². The summed E-state index contributed by atoms with van der Waals surface area (Å²) in [7, 11) is 0. The van der Waals surface area contributed by atoms with Gasteiger partial charge in [0.2, 0.25) is 0 Å². The van der Waals surface area contributed by atoms with Crippen LogP contribution in [0.5, 0.6) is 5.75 Å². The molecule has 0 saturated heterocycles. The van der Waals surface area contributed by atoms with Gasteiger partial charge in [0.25, 0.3) is 0 Å². The van der Waals surface area contributed by atoms with Crippen LogP contribution in [0.25, 0.3) is 18.2 Å². The van der Waals surface area contributed by atoms with Crippen LogP contribution in [0.1, 0.15) is 90.1 Å². The van der Waals surface area contributed by atoms with E-state index in [2.05, 4.69) is 65.8 Å². The van der Waals surface area contributed by atoms with E-state index >= 15 is 0 Å². The molecule has 0 atom stereocenters. The van der Waals surface area contributed by atoms with Crippen LogP contribution >= 0.6 is 0 Å². The van der Waals surface area contributed by atoms with E-state index in [0.717, 1.165) is 22.3 Å². The quantitative estimate of drug-likeness (QED) is 0.628. The molecular weight excluding hydrogens is 292 g/mol. The Morgan fingerprint density at radius 3 is 1.12 bits per heavy atom. The predicted molar refractivity (Wildman–Crippen MR) is 110 cm³/mol. The Kier molecular flexibility index (Phi) is 6.27. The summed E-state index contributed by atoms with van der Waals surface area (Å²) in [4.78, 5) is 0. The lowest BCUT2D eigenvalue weighted by Gasteiger charge is -2.32. The largest absolute Gasteiger partial charge is 0.507 e. The first-order valence-corrected chi connectivity index (χ1v) is 8.82. The Hall–Kier alpha value is -1.76. The number of phenolic OH excluding ortho intramolecular Hbond substituents is 1. The van der Waals surface area contributed by atoms with E-state index in [1.54, 1.807) is 0 Å². The van der Waals surface area contributed by atoms with Crippen molar-refractivity contribution in [3.05, 3.63) is 46.0 Å². The van der Waals surface area contributed by atoms with Gasteiger partial charge in [0.15, 0.2) is 0 Å². The third kappa shape index (κ3) is 4.01. The summed E-state index contributed by atoms with van der Waals surface area (Å²) in [5.74, 6) is 0.435. The Morgan fingerprint density at radius 2 is 0.875 bits per heavy atom. The lowest BCUT2D eigenvalue weighted by molar-refractivity contribution is 0.422. The normalized spacial score (nSPS) is 13.7. The minimum absolute atomic E-state index is 0.149. The average molecular weight is 327 g/mol. The lowest BCUT2D eigenvalue weighted by atomic mass is 9.73. The summed E-state index contributed by atoms with van der Waals surface area (Å²) in [6.45, 7) is 19.1. The molecule has 0 aromatic heterocycles. The van der Waals surface area contributed by atoms with E-state index in [1.165, 1.54) is 5.56 Å². The summed E-state index contributed by atoms with van der Waals surface area (Å²) in [6.07, 6.45) is 12.6. The van der Waals surface area contributed by atoms with E-state index in [0.29, 0.717) is 5.75 Å². The van der Waals surface area contributed by atoms with Crippen molar-refractivity contribution in [3.8, 4) is 5.75 Å². The molecule has 0 bridgehead atoms. The van der Waals surface area contributed by atoms with Crippen LogP contribution in [-0.4, -0.2) is 5.11 Å². The molecular formula is C23H34O. The number of rotatable bonds is 3. The lowest BCUT2D eigenvalue weighted by Crippen LogP contribution is -2.21.